The number of halogens is 2. The van der Waals surface area contributed by atoms with E-state index in [0.717, 1.165) is 50.0 Å². The number of nitrogen functional groups attached to an aromatic ring is 2. The van der Waals surface area contributed by atoms with Gasteiger partial charge in [-0.1, -0.05) is 89.9 Å². The third-order valence-electron chi connectivity index (χ3n) is 11.7. The average Bonchev–Trinajstić information content (AvgIpc) is 4.04. The molecule has 14 nitrogen and oxygen atoms in total. The fourth-order valence-corrected chi connectivity index (χ4v) is 8.57. The predicted octanol–water partition coefficient (Wildman–Crippen LogP) is 13.7. The van der Waals surface area contributed by atoms with Gasteiger partial charge in [0.1, 0.15) is 11.6 Å². The highest BCUT2D eigenvalue weighted by atomic mass is 35.5. The van der Waals surface area contributed by atoms with Crippen LogP contribution in [0.4, 0.5) is 45.8 Å². The van der Waals surface area contributed by atoms with Crippen molar-refractivity contribution in [1.82, 2.24) is 19.5 Å². The number of benzene rings is 7. The highest BCUT2D eigenvalue weighted by Crippen LogP contribution is 2.37. The van der Waals surface area contributed by atoms with Crippen molar-refractivity contribution < 1.29 is 18.0 Å². The Kier molecular flexibility index (Phi) is 15.7. The fourth-order valence-electron chi connectivity index (χ4n) is 8.16. The van der Waals surface area contributed by atoms with Crippen molar-refractivity contribution in [2.45, 2.75) is 0 Å². The van der Waals surface area contributed by atoms with Crippen LogP contribution in [0.15, 0.2) is 213 Å². The van der Waals surface area contributed by atoms with Gasteiger partial charge in [-0.05, 0) is 133 Å². The normalized spacial score (nSPS) is 10.6. The lowest BCUT2D eigenvalue weighted by atomic mass is 10.1. The second kappa shape index (κ2) is 23.3. The highest BCUT2D eigenvalue weighted by molar-refractivity contribution is 7.51. The number of H-pyrrole nitrogens is 1. The van der Waals surface area contributed by atoms with Gasteiger partial charge in [0, 0.05) is 90.7 Å². The van der Waals surface area contributed by atoms with Crippen LogP contribution in [0.1, 0.15) is 20.7 Å². The Hall–Kier alpha value is -9.54. The zero-order chi connectivity index (χ0) is 52.3. The minimum absolute atomic E-state index is 0.210. The summed E-state index contributed by atoms with van der Waals surface area (Å²) in [5, 5.41) is 15.7. The molecule has 4 aromatic heterocycles. The summed E-state index contributed by atoms with van der Waals surface area (Å²) in [6, 6.07) is 62.2. The molecule has 9 N–H and O–H groups in total. The number of rotatable bonds is 11. The molecule has 0 saturated carbocycles. The van der Waals surface area contributed by atoms with Gasteiger partial charge < -0.3 is 42.3 Å². The highest BCUT2D eigenvalue weighted by Gasteiger charge is 2.17. The molecule has 4 heterocycles. The molecular formula is C58H44Cl2N10O4S. The van der Waals surface area contributed by atoms with Crippen molar-refractivity contribution in [3.8, 4) is 28.2 Å². The Morgan fingerprint density at radius 3 is 1.52 bits per heavy atom. The summed E-state index contributed by atoms with van der Waals surface area (Å²) >= 11 is 12.4. The summed E-state index contributed by atoms with van der Waals surface area (Å²) < 4.78 is 18.7. The van der Waals surface area contributed by atoms with Gasteiger partial charge in [-0.3, -0.25) is 9.59 Å². The second-order valence-corrected chi connectivity index (χ2v) is 17.6. The van der Waals surface area contributed by atoms with E-state index in [4.69, 9.17) is 53.1 Å². The number of nitrogens with one attached hydrogen (secondary N) is 5. The Balaban J connectivity index is 0.000000177. The van der Waals surface area contributed by atoms with Gasteiger partial charge in [-0.25, -0.2) is 9.97 Å². The summed E-state index contributed by atoms with van der Waals surface area (Å²) in [5.41, 5.74) is 23.0. The van der Waals surface area contributed by atoms with E-state index < -0.39 is 11.6 Å². The third kappa shape index (κ3) is 12.2. The fraction of sp³-hybridized carbons (Fsp3) is 0. The first-order valence-electron chi connectivity index (χ1n) is 23.1. The van der Waals surface area contributed by atoms with E-state index in [9.17, 15) is 9.59 Å². The summed E-state index contributed by atoms with van der Waals surface area (Å²) in [4.78, 5) is 38.0. The maximum Gasteiger partial charge on any atom is 0.335 e. The summed E-state index contributed by atoms with van der Waals surface area (Å²) in [5.74, 6) is 0.849. The summed E-state index contributed by atoms with van der Waals surface area (Å²) in [6.45, 7) is 0. The lowest BCUT2D eigenvalue weighted by Gasteiger charge is -2.11. The minimum Gasteiger partial charge on any atom is -0.399 e. The molecule has 0 radical (unpaired) electrons. The molecule has 0 unspecified atom stereocenters. The number of aromatic nitrogens is 4. The number of amides is 2. The molecule has 7 aromatic carbocycles. The van der Waals surface area contributed by atoms with E-state index >= 15 is 0 Å². The first-order valence-corrected chi connectivity index (χ1v) is 24.5. The van der Waals surface area contributed by atoms with E-state index in [1.165, 1.54) is 0 Å². The van der Waals surface area contributed by atoms with Gasteiger partial charge in [0.2, 0.25) is 0 Å². The Bertz CT molecular complexity index is 3870. The molecule has 0 atom stereocenters. The number of pyridine rings is 2. The predicted molar refractivity (Wildman–Crippen MR) is 304 cm³/mol. The van der Waals surface area contributed by atoms with Gasteiger partial charge in [0.25, 0.3) is 11.8 Å². The van der Waals surface area contributed by atoms with Crippen LogP contribution < -0.4 is 32.7 Å². The van der Waals surface area contributed by atoms with Gasteiger partial charge in [0.15, 0.2) is 0 Å². The van der Waals surface area contributed by atoms with Crippen LogP contribution in [0, 0.1) is 0 Å². The first kappa shape index (κ1) is 50.4. The van der Waals surface area contributed by atoms with Crippen LogP contribution in [0.3, 0.4) is 0 Å². The third-order valence-corrected chi connectivity index (χ3v) is 12.3. The van der Waals surface area contributed by atoms with E-state index in [2.05, 4.69) is 61.3 Å². The van der Waals surface area contributed by atoms with Crippen LogP contribution in [0.5, 0.6) is 0 Å². The molecule has 0 bridgehead atoms. The van der Waals surface area contributed by atoms with E-state index in [0.29, 0.717) is 66.9 Å². The number of carbonyl (C=O) groups excluding carboxylic acids is 2. The van der Waals surface area contributed by atoms with Gasteiger partial charge in [-0.15, -0.1) is 0 Å². The summed E-state index contributed by atoms with van der Waals surface area (Å²) in [6.07, 6.45) is 3.99. The smallest absolute Gasteiger partial charge is 0.335 e. The monoisotopic (exact) mass is 1050 g/mol. The largest absolute Gasteiger partial charge is 0.399 e. The quantitative estimate of drug-likeness (QED) is 0.0608. The first-order chi connectivity index (χ1) is 36.5. The molecule has 370 valence electrons. The van der Waals surface area contributed by atoms with E-state index in [-0.39, 0.29) is 11.8 Å². The maximum absolute atomic E-state index is 12.6. The lowest BCUT2D eigenvalue weighted by molar-refractivity contribution is 0.101. The van der Waals surface area contributed by atoms with Crippen molar-refractivity contribution in [3.05, 3.63) is 234 Å². The number of hydrogen-bond donors (Lipinski definition) is 7. The molecule has 0 fully saturated rings. The number of para-hydroxylation sites is 3. The molecule has 0 aliphatic carbocycles. The van der Waals surface area contributed by atoms with E-state index in [1.54, 1.807) is 48.5 Å². The van der Waals surface area contributed by atoms with Gasteiger partial charge in [0.05, 0.1) is 26.9 Å². The average molecular weight is 1050 g/mol. The standard InChI is InChI=1S/C32H24ClN5O.C26H20ClN5O.O2S/c33-28-17-18-30(35-23-7-6-8-24(19-23)36-32(39)21-13-15-22(34)16-14-21)37-31(28)27-20-38(25-9-2-1-3-10-25)29-12-5-4-11-26(27)29;27-22-12-13-24(32-25(22)21-15-29-23-7-2-1-6-20(21)23)30-18-4-3-5-19(14-18)31-26(33)16-8-10-17(28)11-9-16;1-3-2/h1-20H,34H2,(H,35,37)(H,36,39);1-15,29H,28H2,(H,30,32)(H,31,33);. The maximum atomic E-state index is 12.6. The number of fused-ring (bicyclic) bond motifs is 2. The number of anilines is 8. The molecule has 75 heavy (non-hydrogen) atoms. The summed E-state index contributed by atoms with van der Waals surface area (Å²) in [7, 11) is 0. The molecule has 0 saturated heterocycles. The Morgan fingerprint density at radius 2 is 0.973 bits per heavy atom. The van der Waals surface area contributed by atoms with Crippen LogP contribution in [-0.4, -0.2) is 39.8 Å². The lowest BCUT2D eigenvalue weighted by Crippen LogP contribution is -2.12. The van der Waals surface area contributed by atoms with Crippen molar-refractivity contribution in [2.24, 2.45) is 0 Å². The Labute approximate surface area is 444 Å². The van der Waals surface area contributed by atoms with Crippen molar-refractivity contribution in [2.75, 3.05) is 32.7 Å². The van der Waals surface area contributed by atoms with Gasteiger partial charge >= 0.3 is 11.6 Å². The Morgan fingerprint density at radius 1 is 0.507 bits per heavy atom. The van der Waals surface area contributed by atoms with Crippen LogP contribution >= 0.6 is 23.2 Å². The molecule has 0 aliphatic rings. The van der Waals surface area contributed by atoms with Crippen molar-refractivity contribution in [1.29, 1.82) is 0 Å². The van der Waals surface area contributed by atoms with Crippen LogP contribution in [-0.2, 0) is 11.6 Å². The zero-order valence-electron chi connectivity index (χ0n) is 39.5. The molecule has 0 aliphatic heterocycles. The molecule has 0 spiro atoms. The number of nitrogens with zero attached hydrogens (tertiary/aromatic N) is 3. The number of nitrogens with two attached hydrogens (primary N) is 2. The molecule has 17 heteroatoms. The molecule has 2 amide bonds. The SMILES string of the molecule is Nc1ccc(C(=O)Nc2cccc(Nc3ccc(Cl)c(-c4c[nH]c5ccccc45)n3)c2)cc1.Nc1ccc(C(=O)Nc2cccc(Nc3ccc(Cl)c(-c4cn(-c5ccccc5)c5ccccc45)n3)c2)cc1.O=S=O. The van der Waals surface area contributed by atoms with E-state index in [1.807, 2.05) is 134 Å². The van der Waals surface area contributed by atoms with Crippen LogP contribution in [0.2, 0.25) is 10.0 Å². The van der Waals surface area contributed by atoms with Crippen molar-refractivity contribution >= 4 is 114 Å². The minimum atomic E-state index is -0.750. The zero-order valence-corrected chi connectivity index (χ0v) is 41.8. The topological polar surface area (TPSA) is 215 Å². The molecule has 11 aromatic rings. The van der Waals surface area contributed by atoms with Crippen LogP contribution in [0.25, 0.3) is 50.0 Å². The number of hydrogen-bond acceptors (Lipinski definition) is 10. The molecule has 11 rings (SSSR count). The number of carbonyl (C=O) groups is 2. The molecular weight excluding hydrogens is 1000 g/mol. The number of aromatic amines is 1. The van der Waals surface area contributed by atoms with Crippen molar-refractivity contribution in [3.63, 3.8) is 0 Å². The second-order valence-electron chi connectivity index (χ2n) is 16.7. The van der Waals surface area contributed by atoms with Gasteiger partial charge in [-0.2, -0.15) is 8.42 Å².